The Hall–Kier alpha value is -1.94. The molecule has 0 fully saturated rings. The highest BCUT2D eigenvalue weighted by atomic mass is 15.4. The van der Waals surface area contributed by atoms with Gasteiger partial charge < -0.3 is 5.32 Å². The van der Waals surface area contributed by atoms with Gasteiger partial charge >= 0.3 is 0 Å². The number of hydrogen-bond acceptors (Lipinski definition) is 3. The van der Waals surface area contributed by atoms with Crippen molar-refractivity contribution < 1.29 is 0 Å². The Morgan fingerprint density at radius 1 is 1.24 bits per heavy atom. The Kier molecular flexibility index (Phi) is 4.48. The van der Waals surface area contributed by atoms with Crippen molar-refractivity contribution in [1.29, 1.82) is 0 Å². The largest absolute Gasteiger partial charge is 0.311 e. The number of aromatic nitrogens is 3. The van der Waals surface area contributed by atoms with Crippen LogP contribution in [-0.4, -0.2) is 28.1 Å². The van der Waals surface area contributed by atoms with E-state index in [1.807, 2.05) is 29.1 Å². The normalized spacial score (nSPS) is 11.1. The van der Waals surface area contributed by atoms with Gasteiger partial charge in [-0.05, 0) is 5.56 Å². The topological polar surface area (TPSA) is 42.7 Å². The second-order valence-electron chi connectivity index (χ2n) is 3.68. The Balaban J connectivity index is 1.62. The summed E-state index contributed by atoms with van der Waals surface area (Å²) in [5.74, 6) is 0. The highest BCUT2D eigenvalue weighted by Crippen LogP contribution is 1.99. The number of hydrogen-bond donors (Lipinski definition) is 1. The average Bonchev–Trinajstić information content (AvgIpc) is 2.88. The van der Waals surface area contributed by atoms with E-state index in [-0.39, 0.29) is 0 Å². The van der Waals surface area contributed by atoms with E-state index in [2.05, 4.69) is 39.9 Å². The molecule has 0 amide bonds. The third-order valence-electron chi connectivity index (χ3n) is 2.36. The molecule has 2 rings (SSSR count). The Bertz CT molecular complexity index is 434. The molecule has 4 heteroatoms. The Morgan fingerprint density at radius 2 is 2.12 bits per heavy atom. The lowest BCUT2D eigenvalue weighted by molar-refractivity contribution is 0.555. The van der Waals surface area contributed by atoms with Crippen molar-refractivity contribution >= 4 is 6.08 Å². The van der Waals surface area contributed by atoms with Crippen molar-refractivity contribution in [2.75, 3.05) is 13.1 Å². The fourth-order valence-electron chi connectivity index (χ4n) is 1.49. The van der Waals surface area contributed by atoms with Crippen LogP contribution in [0.4, 0.5) is 0 Å². The van der Waals surface area contributed by atoms with Crippen LogP contribution in [0.3, 0.4) is 0 Å². The molecule has 1 aromatic heterocycles. The van der Waals surface area contributed by atoms with Gasteiger partial charge in [0, 0.05) is 19.3 Å². The number of benzene rings is 1. The zero-order chi connectivity index (χ0) is 11.8. The first-order chi connectivity index (χ1) is 8.45. The summed E-state index contributed by atoms with van der Waals surface area (Å²) in [6.07, 6.45) is 7.79. The van der Waals surface area contributed by atoms with Crippen molar-refractivity contribution in [3.05, 3.63) is 54.4 Å². The smallest absolute Gasteiger partial charge is 0.0692 e. The van der Waals surface area contributed by atoms with E-state index >= 15 is 0 Å². The maximum absolute atomic E-state index is 3.89. The maximum atomic E-state index is 3.89. The van der Waals surface area contributed by atoms with Crippen LogP contribution in [0.25, 0.3) is 6.08 Å². The Labute approximate surface area is 101 Å². The minimum atomic E-state index is 0.846. The molecule has 0 saturated carbocycles. The standard InChI is InChI=1S/C13H16N4/c1-2-5-13(6-3-1)7-4-8-14-9-11-17-12-10-15-16-17/h1-7,10,12,14H,8-9,11H2/b7-4+. The first kappa shape index (κ1) is 11.5. The summed E-state index contributed by atoms with van der Waals surface area (Å²) in [6, 6.07) is 10.3. The molecule has 88 valence electrons. The van der Waals surface area contributed by atoms with E-state index in [0.717, 1.165) is 19.6 Å². The average molecular weight is 228 g/mol. The molecule has 0 radical (unpaired) electrons. The molecule has 17 heavy (non-hydrogen) atoms. The minimum absolute atomic E-state index is 0.846. The molecule has 1 aromatic carbocycles. The first-order valence-electron chi connectivity index (χ1n) is 5.71. The van der Waals surface area contributed by atoms with Gasteiger partial charge in [0.15, 0.2) is 0 Å². The molecule has 0 spiro atoms. The summed E-state index contributed by atoms with van der Waals surface area (Å²) in [5, 5.41) is 11.0. The molecule has 4 nitrogen and oxygen atoms in total. The van der Waals surface area contributed by atoms with E-state index in [1.165, 1.54) is 5.56 Å². The fourth-order valence-corrected chi connectivity index (χ4v) is 1.49. The molecule has 0 aliphatic rings. The predicted octanol–water partition coefficient (Wildman–Crippen LogP) is 1.58. The molecule has 0 unspecified atom stereocenters. The maximum Gasteiger partial charge on any atom is 0.0692 e. The summed E-state index contributed by atoms with van der Waals surface area (Å²) in [7, 11) is 0. The Morgan fingerprint density at radius 3 is 2.88 bits per heavy atom. The van der Waals surface area contributed by atoms with Gasteiger partial charge in [-0.1, -0.05) is 47.7 Å². The van der Waals surface area contributed by atoms with Crippen LogP contribution in [0.2, 0.25) is 0 Å². The fraction of sp³-hybridized carbons (Fsp3) is 0.231. The molecule has 2 aromatic rings. The molecule has 0 bridgehead atoms. The molecule has 0 aliphatic heterocycles. The lowest BCUT2D eigenvalue weighted by atomic mass is 10.2. The molecule has 0 saturated heterocycles. The van der Waals surface area contributed by atoms with E-state index in [9.17, 15) is 0 Å². The summed E-state index contributed by atoms with van der Waals surface area (Å²) in [5.41, 5.74) is 1.23. The number of rotatable bonds is 6. The van der Waals surface area contributed by atoms with E-state index in [1.54, 1.807) is 6.20 Å². The van der Waals surface area contributed by atoms with Crippen LogP contribution >= 0.6 is 0 Å². The zero-order valence-electron chi connectivity index (χ0n) is 9.66. The van der Waals surface area contributed by atoms with Crippen molar-refractivity contribution in [2.45, 2.75) is 6.54 Å². The highest BCUT2D eigenvalue weighted by molar-refractivity contribution is 5.48. The van der Waals surface area contributed by atoms with E-state index < -0.39 is 0 Å². The van der Waals surface area contributed by atoms with Crippen molar-refractivity contribution in [3.63, 3.8) is 0 Å². The van der Waals surface area contributed by atoms with Crippen molar-refractivity contribution in [1.82, 2.24) is 20.3 Å². The predicted molar refractivity (Wildman–Crippen MR) is 68.4 cm³/mol. The summed E-state index contributed by atoms with van der Waals surface area (Å²) >= 11 is 0. The van der Waals surface area contributed by atoms with Gasteiger partial charge in [0.2, 0.25) is 0 Å². The van der Waals surface area contributed by atoms with Crippen molar-refractivity contribution in [3.8, 4) is 0 Å². The van der Waals surface area contributed by atoms with Gasteiger partial charge in [-0.25, -0.2) is 0 Å². The number of nitrogens with one attached hydrogen (secondary N) is 1. The second-order valence-corrected chi connectivity index (χ2v) is 3.68. The van der Waals surface area contributed by atoms with Crippen LogP contribution in [0.5, 0.6) is 0 Å². The van der Waals surface area contributed by atoms with Gasteiger partial charge in [0.25, 0.3) is 0 Å². The van der Waals surface area contributed by atoms with E-state index in [4.69, 9.17) is 0 Å². The molecular formula is C13H16N4. The van der Waals surface area contributed by atoms with Crippen LogP contribution in [-0.2, 0) is 6.54 Å². The van der Waals surface area contributed by atoms with Crippen LogP contribution < -0.4 is 5.32 Å². The minimum Gasteiger partial charge on any atom is -0.311 e. The summed E-state index contributed by atoms with van der Waals surface area (Å²) < 4.78 is 1.81. The molecule has 1 heterocycles. The van der Waals surface area contributed by atoms with Gasteiger partial charge in [0.1, 0.15) is 0 Å². The van der Waals surface area contributed by atoms with Crippen LogP contribution in [0.15, 0.2) is 48.8 Å². The summed E-state index contributed by atoms with van der Waals surface area (Å²) in [4.78, 5) is 0. The quantitative estimate of drug-likeness (QED) is 0.763. The third-order valence-corrected chi connectivity index (χ3v) is 2.36. The number of nitrogens with zero attached hydrogens (tertiary/aromatic N) is 3. The summed E-state index contributed by atoms with van der Waals surface area (Å²) in [6.45, 7) is 2.60. The van der Waals surface area contributed by atoms with Crippen LogP contribution in [0, 0.1) is 0 Å². The molecule has 0 aliphatic carbocycles. The van der Waals surface area contributed by atoms with Gasteiger partial charge in [-0.15, -0.1) is 5.10 Å². The van der Waals surface area contributed by atoms with Crippen molar-refractivity contribution in [2.24, 2.45) is 0 Å². The van der Waals surface area contributed by atoms with E-state index in [0.29, 0.717) is 0 Å². The molecule has 1 N–H and O–H groups in total. The molecule has 0 atom stereocenters. The monoisotopic (exact) mass is 228 g/mol. The van der Waals surface area contributed by atoms with Gasteiger partial charge in [-0.2, -0.15) is 0 Å². The second kappa shape index (κ2) is 6.60. The lowest BCUT2D eigenvalue weighted by Gasteiger charge is -2.00. The zero-order valence-corrected chi connectivity index (χ0v) is 9.66. The highest BCUT2D eigenvalue weighted by Gasteiger charge is 1.89. The SMILES string of the molecule is C(=C\c1ccccc1)/CNCCn1ccnn1. The first-order valence-corrected chi connectivity index (χ1v) is 5.71. The van der Waals surface area contributed by atoms with Crippen LogP contribution in [0.1, 0.15) is 5.56 Å². The third kappa shape index (κ3) is 4.20. The van der Waals surface area contributed by atoms with Gasteiger partial charge in [0.05, 0.1) is 12.7 Å². The van der Waals surface area contributed by atoms with Gasteiger partial charge in [-0.3, -0.25) is 4.68 Å². The lowest BCUT2D eigenvalue weighted by Crippen LogP contribution is -2.20. The molecular weight excluding hydrogens is 212 g/mol.